The molecule has 1 aromatic carbocycles. The van der Waals surface area contributed by atoms with Crippen LogP contribution in [0.3, 0.4) is 0 Å². The molecule has 0 aliphatic rings. The standard InChI is InChI=1S/C11H10BS/c1-2-5-10(6-3-1)9-12-11-7-4-8-13-11/h1-8H,9H2. The van der Waals surface area contributed by atoms with Gasteiger partial charge in [-0.2, -0.15) is 11.3 Å². The molecule has 0 nitrogen and oxygen atoms in total. The zero-order chi connectivity index (χ0) is 8.93. The van der Waals surface area contributed by atoms with Gasteiger partial charge in [0, 0.05) is 0 Å². The minimum absolute atomic E-state index is 1.03. The van der Waals surface area contributed by atoms with Crippen molar-refractivity contribution in [2.24, 2.45) is 0 Å². The summed E-state index contributed by atoms with van der Waals surface area (Å²) in [7, 11) is 2.26. The second-order valence-electron chi connectivity index (χ2n) is 2.91. The largest absolute Gasteiger partial charge is 0.170 e. The van der Waals surface area contributed by atoms with Crippen LogP contribution < -0.4 is 4.78 Å². The Hall–Kier alpha value is -1.02. The second-order valence-corrected chi connectivity index (χ2v) is 3.89. The molecular formula is C11H10BS. The molecule has 0 aliphatic heterocycles. The molecule has 0 saturated heterocycles. The van der Waals surface area contributed by atoms with Crippen LogP contribution >= 0.6 is 11.3 Å². The Morgan fingerprint density at radius 1 is 1.00 bits per heavy atom. The Labute approximate surface area is 83.5 Å². The maximum atomic E-state index is 2.26. The highest BCUT2D eigenvalue weighted by molar-refractivity contribution is 7.19. The van der Waals surface area contributed by atoms with E-state index in [9.17, 15) is 0 Å². The number of hydrogen-bond acceptors (Lipinski definition) is 1. The van der Waals surface area contributed by atoms with Gasteiger partial charge in [-0.15, -0.1) is 0 Å². The van der Waals surface area contributed by atoms with E-state index in [1.54, 1.807) is 11.3 Å². The molecule has 0 unspecified atom stereocenters. The molecule has 63 valence electrons. The van der Waals surface area contributed by atoms with Crippen LogP contribution in [0.15, 0.2) is 47.8 Å². The predicted octanol–water partition coefficient (Wildman–Crippen LogP) is 2.28. The lowest BCUT2D eigenvalue weighted by Crippen LogP contribution is -2.11. The van der Waals surface area contributed by atoms with Crippen molar-refractivity contribution in [2.45, 2.75) is 6.32 Å². The van der Waals surface area contributed by atoms with Crippen molar-refractivity contribution in [1.29, 1.82) is 0 Å². The Morgan fingerprint density at radius 2 is 1.85 bits per heavy atom. The lowest BCUT2D eigenvalue weighted by atomic mass is 9.71. The zero-order valence-corrected chi connectivity index (χ0v) is 8.13. The van der Waals surface area contributed by atoms with Crippen LogP contribution in [0.5, 0.6) is 0 Å². The van der Waals surface area contributed by atoms with E-state index >= 15 is 0 Å². The molecule has 1 aromatic heterocycles. The Kier molecular flexibility index (Phi) is 2.83. The Bertz CT molecular complexity index is 340. The molecule has 2 rings (SSSR count). The monoisotopic (exact) mass is 185 g/mol. The van der Waals surface area contributed by atoms with Crippen LogP contribution in [0.1, 0.15) is 5.56 Å². The summed E-state index contributed by atoms with van der Waals surface area (Å²) < 4.78 is 1.35. The first-order valence-electron chi connectivity index (χ1n) is 4.36. The second kappa shape index (κ2) is 4.29. The van der Waals surface area contributed by atoms with Crippen molar-refractivity contribution in [3.05, 3.63) is 53.4 Å². The van der Waals surface area contributed by atoms with Crippen molar-refractivity contribution >= 4 is 23.4 Å². The molecule has 0 N–H and O–H groups in total. The van der Waals surface area contributed by atoms with E-state index in [2.05, 4.69) is 55.1 Å². The highest BCUT2D eigenvalue weighted by Gasteiger charge is 1.97. The van der Waals surface area contributed by atoms with Crippen LogP contribution in [0.25, 0.3) is 0 Å². The molecule has 0 amide bonds. The minimum Gasteiger partial charge on any atom is -0.160 e. The third-order valence-corrected chi connectivity index (χ3v) is 2.79. The average molecular weight is 185 g/mol. The smallest absolute Gasteiger partial charge is 0.160 e. The predicted molar refractivity (Wildman–Crippen MR) is 59.9 cm³/mol. The molecule has 0 fully saturated rings. The van der Waals surface area contributed by atoms with Gasteiger partial charge in [-0.1, -0.05) is 48.0 Å². The van der Waals surface area contributed by atoms with Gasteiger partial charge in [-0.25, -0.2) is 0 Å². The number of thiophene rings is 1. The van der Waals surface area contributed by atoms with Gasteiger partial charge in [-0.3, -0.25) is 0 Å². The van der Waals surface area contributed by atoms with Gasteiger partial charge in [0.05, 0.1) is 0 Å². The summed E-state index contributed by atoms with van der Waals surface area (Å²) in [4.78, 5) is 0. The first-order valence-corrected chi connectivity index (χ1v) is 5.24. The quantitative estimate of drug-likeness (QED) is 0.643. The van der Waals surface area contributed by atoms with E-state index in [-0.39, 0.29) is 0 Å². The van der Waals surface area contributed by atoms with E-state index in [4.69, 9.17) is 0 Å². The summed E-state index contributed by atoms with van der Waals surface area (Å²) in [6.45, 7) is 0. The maximum absolute atomic E-state index is 2.26. The molecule has 0 aliphatic carbocycles. The van der Waals surface area contributed by atoms with Crippen LogP contribution in [0.2, 0.25) is 0 Å². The number of hydrogen-bond donors (Lipinski definition) is 0. The van der Waals surface area contributed by atoms with Gasteiger partial charge in [0.25, 0.3) is 0 Å². The van der Waals surface area contributed by atoms with Crippen molar-refractivity contribution in [1.82, 2.24) is 0 Å². The number of rotatable bonds is 3. The molecule has 2 heteroatoms. The SMILES string of the molecule is [B](Cc1ccccc1)c1cccs1. The molecule has 1 heterocycles. The molecule has 0 atom stereocenters. The lowest BCUT2D eigenvalue weighted by molar-refractivity contribution is 1.39. The highest BCUT2D eigenvalue weighted by Crippen LogP contribution is 1.99. The fourth-order valence-corrected chi connectivity index (χ4v) is 1.89. The van der Waals surface area contributed by atoms with E-state index in [1.165, 1.54) is 10.3 Å². The van der Waals surface area contributed by atoms with E-state index in [0.29, 0.717) is 0 Å². The molecule has 13 heavy (non-hydrogen) atoms. The summed E-state index contributed by atoms with van der Waals surface area (Å²) in [5.74, 6) is 0. The Morgan fingerprint density at radius 3 is 2.54 bits per heavy atom. The third kappa shape index (κ3) is 2.46. The van der Waals surface area contributed by atoms with Crippen LogP contribution in [-0.2, 0) is 6.32 Å². The van der Waals surface area contributed by atoms with Gasteiger partial charge in [-0.05, 0) is 16.5 Å². The van der Waals surface area contributed by atoms with E-state index in [0.717, 1.165) is 6.32 Å². The van der Waals surface area contributed by atoms with Crippen molar-refractivity contribution < 1.29 is 0 Å². The molecular weight excluding hydrogens is 175 g/mol. The van der Waals surface area contributed by atoms with Crippen molar-refractivity contribution in [3.63, 3.8) is 0 Å². The van der Waals surface area contributed by atoms with Gasteiger partial charge in [0.15, 0.2) is 7.28 Å². The molecule has 0 bridgehead atoms. The van der Waals surface area contributed by atoms with Gasteiger partial charge in [0.2, 0.25) is 0 Å². The fraction of sp³-hybridized carbons (Fsp3) is 0.0909. The van der Waals surface area contributed by atoms with E-state index < -0.39 is 0 Å². The van der Waals surface area contributed by atoms with Crippen molar-refractivity contribution in [3.8, 4) is 0 Å². The summed E-state index contributed by atoms with van der Waals surface area (Å²) in [6, 6.07) is 14.8. The first-order chi connectivity index (χ1) is 6.45. The molecule has 0 saturated carbocycles. The number of benzene rings is 1. The molecule has 1 radical (unpaired) electrons. The molecule has 2 aromatic rings. The van der Waals surface area contributed by atoms with Gasteiger partial charge < -0.3 is 0 Å². The maximum Gasteiger partial charge on any atom is 0.170 e. The van der Waals surface area contributed by atoms with Crippen LogP contribution in [0.4, 0.5) is 0 Å². The highest BCUT2D eigenvalue weighted by atomic mass is 32.1. The van der Waals surface area contributed by atoms with Gasteiger partial charge in [0.1, 0.15) is 0 Å². The van der Waals surface area contributed by atoms with Crippen LogP contribution in [0, 0.1) is 0 Å². The summed E-state index contributed by atoms with van der Waals surface area (Å²) in [5, 5.41) is 2.11. The summed E-state index contributed by atoms with van der Waals surface area (Å²) in [6.07, 6.45) is 1.03. The lowest BCUT2D eigenvalue weighted by Gasteiger charge is -1.96. The fourth-order valence-electron chi connectivity index (χ4n) is 1.24. The van der Waals surface area contributed by atoms with Crippen LogP contribution in [-0.4, -0.2) is 7.28 Å². The first kappa shape index (κ1) is 8.58. The molecule has 0 spiro atoms. The average Bonchev–Trinajstić information content (AvgIpc) is 2.69. The summed E-state index contributed by atoms with van der Waals surface area (Å²) in [5.41, 5.74) is 1.37. The zero-order valence-electron chi connectivity index (χ0n) is 7.31. The minimum atomic E-state index is 1.03. The summed E-state index contributed by atoms with van der Waals surface area (Å²) >= 11 is 1.79. The Balaban J connectivity index is 1.94. The topological polar surface area (TPSA) is 0 Å². The van der Waals surface area contributed by atoms with E-state index in [1.807, 2.05) is 0 Å². The van der Waals surface area contributed by atoms with Crippen molar-refractivity contribution in [2.75, 3.05) is 0 Å². The third-order valence-electron chi connectivity index (χ3n) is 1.92. The van der Waals surface area contributed by atoms with Gasteiger partial charge >= 0.3 is 0 Å². The normalized spacial score (nSPS) is 9.85.